The van der Waals surface area contributed by atoms with Gasteiger partial charge in [-0.05, 0) is 18.6 Å². The van der Waals surface area contributed by atoms with Crippen molar-refractivity contribution in [3.05, 3.63) is 34.6 Å². The highest BCUT2D eigenvalue weighted by atomic mass is 16.4. The summed E-state index contributed by atoms with van der Waals surface area (Å²) in [5.41, 5.74) is 0.431. The standard InChI is InChI=1S/C12H9N3O3/c16-12-9-11(13-8-4-1-5-15(8)12)18-10(14-9)7-3-2-6-17-7/h2-3,6H,1,4-5H2. The molecule has 6 nitrogen and oxygen atoms in total. The molecule has 0 saturated heterocycles. The van der Waals surface area contributed by atoms with Crippen LogP contribution in [0, 0.1) is 0 Å². The Morgan fingerprint density at radius 2 is 2.28 bits per heavy atom. The van der Waals surface area contributed by atoms with Crippen LogP contribution in [0.15, 0.2) is 32.0 Å². The molecule has 18 heavy (non-hydrogen) atoms. The van der Waals surface area contributed by atoms with Crippen LogP contribution in [0.1, 0.15) is 12.2 Å². The number of aryl methyl sites for hydroxylation is 1. The SMILES string of the molecule is O=c1c2nc(-c3ccco3)oc2nc2n1CCC2. The largest absolute Gasteiger partial charge is 0.459 e. The van der Waals surface area contributed by atoms with Crippen LogP contribution in [0.2, 0.25) is 0 Å². The number of rotatable bonds is 1. The summed E-state index contributed by atoms with van der Waals surface area (Å²) in [6, 6.07) is 3.47. The van der Waals surface area contributed by atoms with E-state index in [1.54, 1.807) is 16.7 Å². The minimum atomic E-state index is -0.131. The van der Waals surface area contributed by atoms with E-state index in [4.69, 9.17) is 8.83 Å². The fraction of sp³-hybridized carbons (Fsp3) is 0.250. The topological polar surface area (TPSA) is 74.1 Å². The van der Waals surface area contributed by atoms with E-state index in [-0.39, 0.29) is 11.1 Å². The van der Waals surface area contributed by atoms with Gasteiger partial charge in [-0.2, -0.15) is 9.97 Å². The molecule has 3 aromatic heterocycles. The minimum Gasteiger partial charge on any atom is -0.459 e. The van der Waals surface area contributed by atoms with Gasteiger partial charge < -0.3 is 8.83 Å². The van der Waals surface area contributed by atoms with Crippen molar-refractivity contribution in [2.75, 3.05) is 0 Å². The minimum absolute atomic E-state index is 0.131. The van der Waals surface area contributed by atoms with E-state index < -0.39 is 0 Å². The first-order chi connectivity index (χ1) is 8.83. The van der Waals surface area contributed by atoms with E-state index in [0.29, 0.717) is 23.9 Å². The number of aromatic nitrogens is 3. The van der Waals surface area contributed by atoms with E-state index in [9.17, 15) is 4.79 Å². The summed E-state index contributed by atoms with van der Waals surface area (Å²) in [5, 5.41) is 0. The van der Waals surface area contributed by atoms with Gasteiger partial charge in [-0.15, -0.1) is 0 Å². The van der Waals surface area contributed by atoms with Crippen molar-refractivity contribution in [2.45, 2.75) is 19.4 Å². The van der Waals surface area contributed by atoms with Crippen LogP contribution in [0.5, 0.6) is 0 Å². The predicted molar refractivity (Wildman–Crippen MR) is 62.1 cm³/mol. The average molecular weight is 243 g/mol. The molecular formula is C12H9N3O3. The second-order valence-corrected chi connectivity index (χ2v) is 4.24. The summed E-state index contributed by atoms with van der Waals surface area (Å²) in [4.78, 5) is 20.7. The number of furan rings is 1. The van der Waals surface area contributed by atoms with Crippen LogP contribution in [-0.2, 0) is 13.0 Å². The molecule has 0 unspecified atom stereocenters. The second kappa shape index (κ2) is 3.32. The molecule has 0 spiro atoms. The van der Waals surface area contributed by atoms with Crippen molar-refractivity contribution < 1.29 is 8.83 Å². The van der Waals surface area contributed by atoms with Gasteiger partial charge in [0.25, 0.3) is 17.2 Å². The van der Waals surface area contributed by atoms with Crippen molar-refractivity contribution in [3.63, 3.8) is 0 Å². The molecule has 0 saturated carbocycles. The van der Waals surface area contributed by atoms with Gasteiger partial charge >= 0.3 is 0 Å². The van der Waals surface area contributed by atoms with Gasteiger partial charge in [-0.25, -0.2) is 0 Å². The number of hydrogen-bond acceptors (Lipinski definition) is 5. The van der Waals surface area contributed by atoms with Crippen LogP contribution in [0.3, 0.4) is 0 Å². The number of hydrogen-bond donors (Lipinski definition) is 0. The first-order valence-electron chi connectivity index (χ1n) is 5.77. The first-order valence-corrected chi connectivity index (χ1v) is 5.77. The average Bonchev–Trinajstić information content (AvgIpc) is 3.08. The van der Waals surface area contributed by atoms with Gasteiger partial charge in [-0.3, -0.25) is 9.36 Å². The third-order valence-electron chi connectivity index (χ3n) is 3.11. The maximum atomic E-state index is 12.2. The van der Waals surface area contributed by atoms with Crippen LogP contribution in [-0.4, -0.2) is 14.5 Å². The fourth-order valence-corrected chi connectivity index (χ4v) is 2.27. The lowest BCUT2D eigenvalue weighted by atomic mass is 10.4. The van der Waals surface area contributed by atoms with Crippen molar-refractivity contribution in [2.24, 2.45) is 0 Å². The number of oxazole rings is 1. The zero-order valence-corrected chi connectivity index (χ0v) is 9.42. The molecule has 1 aliphatic heterocycles. The van der Waals surface area contributed by atoms with Crippen LogP contribution >= 0.6 is 0 Å². The summed E-state index contributed by atoms with van der Waals surface area (Å²) < 4.78 is 12.3. The Kier molecular flexibility index (Phi) is 1.78. The quantitative estimate of drug-likeness (QED) is 0.648. The number of fused-ring (bicyclic) bond motifs is 2. The molecule has 0 N–H and O–H groups in total. The Balaban J connectivity index is 2.02. The molecule has 1 aliphatic rings. The molecular weight excluding hydrogens is 234 g/mol. The van der Waals surface area contributed by atoms with E-state index in [0.717, 1.165) is 18.7 Å². The van der Waals surface area contributed by atoms with Crippen LogP contribution < -0.4 is 5.56 Å². The predicted octanol–water partition coefficient (Wildman–Crippen LogP) is 1.59. The molecule has 0 atom stereocenters. The van der Waals surface area contributed by atoms with Gasteiger partial charge in [-0.1, -0.05) is 0 Å². The van der Waals surface area contributed by atoms with E-state index in [1.165, 1.54) is 6.26 Å². The normalized spacial score (nSPS) is 14.2. The van der Waals surface area contributed by atoms with E-state index in [2.05, 4.69) is 9.97 Å². The monoisotopic (exact) mass is 243 g/mol. The lowest BCUT2D eigenvalue weighted by Crippen LogP contribution is -2.20. The molecule has 0 amide bonds. The van der Waals surface area contributed by atoms with Gasteiger partial charge in [0.2, 0.25) is 0 Å². The first kappa shape index (κ1) is 9.64. The van der Waals surface area contributed by atoms with Crippen molar-refractivity contribution in [1.82, 2.24) is 14.5 Å². The molecule has 6 heteroatoms. The molecule has 4 rings (SSSR count). The fourth-order valence-electron chi connectivity index (χ4n) is 2.27. The van der Waals surface area contributed by atoms with Gasteiger partial charge in [0.05, 0.1) is 6.26 Å². The highest BCUT2D eigenvalue weighted by molar-refractivity contribution is 5.70. The summed E-state index contributed by atoms with van der Waals surface area (Å²) >= 11 is 0. The summed E-state index contributed by atoms with van der Waals surface area (Å²) in [6.07, 6.45) is 3.28. The third-order valence-corrected chi connectivity index (χ3v) is 3.11. The van der Waals surface area contributed by atoms with Crippen molar-refractivity contribution in [3.8, 4) is 11.7 Å². The third kappa shape index (κ3) is 1.20. The van der Waals surface area contributed by atoms with Gasteiger partial charge in [0.15, 0.2) is 11.3 Å². The Labute approximate surface area is 101 Å². The Bertz CT molecular complexity index is 783. The van der Waals surface area contributed by atoms with Gasteiger partial charge in [0.1, 0.15) is 5.82 Å². The molecule has 0 aliphatic carbocycles. The Morgan fingerprint density at radius 3 is 3.11 bits per heavy atom. The van der Waals surface area contributed by atoms with Gasteiger partial charge in [0, 0.05) is 13.0 Å². The highest BCUT2D eigenvalue weighted by Crippen LogP contribution is 2.23. The zero-order chi connectivity index (χ0) is 12.1. The highest BCUT2D eigenvalue weighted by Gasteiger charge is 2.21. The molecule has 0 radical (unpaired) electrons. The number of nitrogens with zero attached hydrogens (tertiary/aromatic N) is 3. The lowest BCUT2D eigenvalue weighted by molar-refractivity contribution is 0.530. The Hall–Kier alpha value is -2.37. The molecule has 3 aromatic rings. The van der Waals surface area contributed by atoms with Crippen molar-refractivity contribution in [1.29, 1.82) is 0 Å². The smallest absolute Gasteiger partial charge is 0.283 e. The van der Waals surface area contributed by atoms with E-state index in [1.807, 2.05) is 0 Å². The van der Waals surface area contributed by atoms with Crippen LogP contribution in [0.4, 0.5) is 0 Å². The molecule has 0 bridgehead atoms. The van der Waals surface area contributed by atoms with E-state index >= 15 is 0 Å². The zero-order valence-electron chi connectivity index (χ0n) is 9.42. The molecule has 0 aromatic carbocycles. The molecule has 4 heterocycles. The maximum absolute atomic E-state index is 12.2. The van der Waals surface area contributed by atoms with Crippen molar-refractivity contribution >= 4 is 11.2 Å². The second-order valence-electron chi connectivity index (χ2n) is 4.24. The molecule has 0 fully saturated rings. The lowest BCUT2D eigenvalue weighted by Gasteiger charge is -1.98. The van der Waals surface area contributed by atoms with Crippen LogP contribution in [0.25, 0.3) is 22.9 Å². The Morgan fingerprint density at radius 1 is 1.33 bits per heavy atom. The summed E-state index contributed by atoms with van der Waals surface area (Å²) in [6.45, 7) is 0.708. The summed E-state index contributed by atoms with van der Waals surface area (Å²) in [5.74, 6) is 1.57. The molecule has 90 valence electrons. The maximum Gasteiger partial charge on any atom is 0.283 e. The summed E-state index contributed by atoms with van der Waals surface area (Å²) in [7, 11) is 0.